The molecule has 2 fully saturated rings. The van der Waals surface area contributed by atoms with Gasteiger partial charge in [0.15, 0.2) is 11.8 Å². The van der Waals surface area contributed by atoms with Crippen molar-refractivity contribution in [2.75, 3.05) is 6.54 Å². The Balaban J connectivity index is 1.37. The number of guanidine groups is 1. The van der Waals surface area contributed by atoms with Gasteiger partial charge >= 0.3 is 0 Å². The predicted octanol–water partition coefficient (Wildman–Crippen LogP) is 3.15. The molecule has 0 amide bonds. The van der Waals surface area contributed by atoms with Crippen molar-refractivity contribution < 1.29 is 0 Å². The first-order valence-corrected chi connectivity index (χ1v) is 11.8. The Morgan fingerprint density at radius 1 is 1.06 bits per heavy atom. The van der Waals surface area contributed by atoms with Crippen molar-refractivity contribution in [3.63, 3.8) is 0 Å². The van der Waals surface area contributed by atoms with Gasteiger partial charge in [-0.05, 0) is 45.1 Å². The molecule has 2 heterocycles. The lowest BCUT2D eigenvalue weighted by Crippen LogP contribution is -2.52. The largest absolute Gasteiger partial charge is 0.354 e. The Morgan fingerprint density at radius 3 is 2.48 bits per heavy atom. The zero-order valence-corrected chi connectivity index (χ0v) is 19.2. The number of piperidine rings is 1. The van der Waals surface area contributed by atoms with Crippen LogP contribution in [0.1, 0.15) is 62.7 Å². The lowest BCUT2D eigenvalue weighted by Gasteiger charge is -2.38. The molecule has 2 unspecified atom stereocenters. The Hall–Kier alpha value is -2.41. The summed E-state index contributed by atoms with van der Waals surface area (Å²) in [6.07, 6.45) is 7.34. The molecule has 2 aromatic rings. The van der Waals surface area contributed by atoms with Crippen molar-refractivity contribution in [3.8, 4) is 0 Å². The van der Waals surface area contributed by atoms with Gasteiger partial charge in [0.1, 0.15) is 12.4 Å². The first-order valence-electron chi connectivity index (χ1n) is 11.8. The second-order valence-corrected chi connectivity index (χ2v) is 9.18. The fourth-order valence-electron chi connectivity index (χ4n) is 4.73. The molecule has 1 saturated heterocycles. The van der Waals surface area contributed by atoms with E-state index in [4.69, 9.17) is 4.99 Å². The van der Waals surface area contributed by atoms with E-state index < -0.39 is 0 Å². The fraction of sp³-hybridized carbons (Fsp3) is 0.625. The molecule has 4 rings (SSSR count). The monoisotopic (exact) mass is 423 g/mol. The predicted molar refractivity (Wildman–Crippen MR) is 125 cm³/mol. The SMILES string of the molecule is Cc1nnc(CN=C(NC2CCCC2)NC2CCN(Cc3ccccc3)C(C)C2)n1C. The molecule has 7 nitrogen and oxygen atoms in total. The van der Waals surface area contributed by atoms with Crippen LogP contribution in [0.5, 0.6) is 0 Å². The summed E-state index contributed by atoms with van der Waals surface area (Å²) in [5.74, 6) is 2.75. The van der Waals surface area contributed by atoms with E-state index in [1.807, 2.05) is 18.5 Å². The fourth-order valence-corrected chi connectivity index (χ4v) is 4.73. The maximum atomic E-state index is 4.90. The summed E-state index contributed by atoms with van der Waals surface area (Å²) in [4.78, 5) is 7.49. The van der Waals surface area contributed by atoms with Gasteiger partial charge in [0.2, 0.25) is 0 Å². The smallest absolute Gasteiger partial charge is 0.192 e. The third kappa shape index (κ3) is 5.85. The normalized spacial score (nSPS) is 23.3. The summed E-state index contributed by atoms with van der Waals surface area (Å²) >= 11 is 0. The zero-order valence-electron chi connectivity index (χ0n) is 19.2. The molecule has 1 aliphatic heterocycles. The van der Waals surface area contributed by atoms with Crippen LogP contribution in [0.4, 0.5) is 0 Å². The zero-order chi connectivity index (χ0) is 21.6. The van der Waals surface area contributed by atoms with Crippen LogP contribution in [0, 0.1) is 6.92 Å². The van der Waals surface area contributed by atoms with Crippen LogP contribution in [0.25, 0.3) is 0 Å². The van der Waals surface area contributed by atoms with Crippen molar-refractivity contribution in [1.82, 2.24) is 30.3 Å². The van der Waals surface area contributed by atoms with E-state index in [2.05, 4.69) is 63.0 Å². The maximum Gasteiger partial charge on any atom is 0.192 e. The second kappa shape index (κ2) is 10.3. The van der Waals surface area contributed by atoms with Crippen molar-refractivity contribution in [1.29, 1.82) is 0 Å². The summed E-state index contributed by atoms with van der Waals surface area (Å²) in [7, 11) is 2.00. The summed E-state index contributed by atoms with van der Waals surface area (Å²) in [5, 5.41) is 15.9. The molecule has 1 saturated carbocycles. The molecule has 0 spiro atoms. The number of hydrogen-bond donors (Lipinski definition) is 2. The van der Waals surface area contributed by atoms with Crippen LogP contribution in [-0.2, 0) is 20.1 Å². The van der Waals surface area contributed by atoms with Gasteiger partial charge in [-0.15, -0.1) is 10.2 Å². The first kappa shape index (κ1) is 21.8. The van der Waals surface area contributed by atoms with E-state index in [0.717, 1.165) is 43.5 Å². The summed E-state index contributed by atoms with van der Waals surface area (Å²) in [5.41, 5.74) is 1.39. The lowest BCUT2D eigenvalue weighted by atomic mass is 9.97. The Bertz CT molecular complexity index is 854. The van der Waals surface area contributed by atoms with Crippen LogP contribution < -0.4 is 10.6 Å². The van der Waals surface area contributed by atoms with Gasteiger partial charge in [0.25, 0.3) is 0 Å². The number of nitrogens with one attached hydrogen (secondary N) is 2. The summed E-state index contributed by atoms with van der Waals surface area (Å²) in [6.45, 7) is 7.00. The molecule has 0 bridgehead atoms. The number of hydrogen-bond acceptors (Lipinski definition) is 4. The highest BCUT2D eigenvalue weighted by molar-refractivity contribution is 5.80. The van der Waals surface area contributed by atoms with Crippen molar-refractivity contribution in [3.05, 3.63) is 47.5 Å². The number of aryl methyl sites for hydroxylation is 1. The van der Waals surface area contributed by atoms with E-state index in [1.54, 1.807) is 0 Å². The minimum absolute atomic E-state index is 0.441. The van der Waals surface area contributed by atoms with Crippen molar-refractivity contribution in [2.45, 2.75) is 83.6 Å². The number of benzene rings is 1. The molecule has 0 radical (unpaired) electrons. The summed E-state index contributed by atoms with van der Waals surface area (Å²) in [6, 6.07) is 12.3. The minimum atomic E-state index is 0.441. The molecular formula is C24H37N7. The van der Waals surface area contributed by atoms with Gasteiger partial charge in [-0.25, -0.2) is 4.99 Å². The molecule has 31 heavy (non-hydrogen) atoms. The number of aromatic nitrogens is 3. The molecule has 7 heteroatoms. The van der Waals surface area contributed by atoms with Gasteiger partial charge < -0.3 is 15.2 Å². The topological polar surface area (TPSA) is 70.4 Å². The van der Waals surface area contributed by atoms with Crippen LogP contribution in [-0.4, -0.2) is 50.3 Å². The molecule has 1 aromatic carbocycles. The first-order chi connectivity index (χ1) is 15.1. The van der Waals surface area contributed by atoms with E-state index in [9.17, 15) is 0 Å². The molecule has 2 atom stereocenters. The molecule has 1 aliphatic carbocycles. The number of aliphatic imine (C=N–C) groups is 1. The average Bonchev–Trinajstić information content (AvgIpc) is 3.39. The molecule has 2 N–H and O–H groups in total. The third-order valence-corrected chi connectivity index (χ3v) is 6.84. The Morgan fingerprint density at radius 2 is 1.81 bits per heavy atom. The number of likely N-dealkylation sites (tertiary alicyclic amines) is 1. The van der Waals surface area contributed by atoms with Gasteiger partial charge in [-0.3, -0.25) is 4.90 Å². The highest BCUT2D eigenvalue weighted by atomic mass is 15.3. The third-order valence-electron chi connectivity index (χ3n) is 6.84. The lowest BCUT2D eigenvalue weighted by molar-refractivity contribution is 0.134. The molecule has 1 aromatic heterocycles. The van der Waals surface area contributed by atoms with Gasteiger partial charge in [-0.2, -0.15) is 0 Å². The van der Waals surface area contributed by atoms with Crippen molar-refractivity contribution >= 4 is 5.96 Å². The van der Waals surface area contributed by atoms with Crippen molar-refractivity contribution in [2.24, 2.45) is 12.0 Å². The standard InChI is InChI=1S/C24H37N7/c1-18-15-22(13-14-31(18)17-20-9-5-4-6-10-20)27-24(26-21-11-7-8-12-21)25-16-23-29-28-19(2)30(23)3/h4-6,9-10,18,21-22H,7-8,11-17H2,1-3H3,(H2,25,26,27). The van der Waals surface area contributed by atoms with Gasteiger partial charge in [0, 0.05) is 38.3 Å². The van der Waals surface area contributed by atoms with E-state index in [0.29, 0.717) is 24.7 Å². The van der Waals surface area contributed by atoms with Crippen LogP contribution in [0.3, 0.4) is 0 Å². The number of rotatable bonds is 6. The molecule has 168 valence electrons. The highest BCUT2D eigenvalue weighted by Crippen LogP contribution is 2.21. The summed E-state index contributed by atoms with van der Waals surface area (Å²) < 4.78 is 2.01. The minimum Gasteiger partial charge on any atom is -0.354 e. The molecular weight excluding hydrogens is 386 g/mol. The van der Waals surface area contributed by atoms with E-state index in [-0.39, 0.29) is 0 Å². The Kier molecular flexibility index (Phi) is 7.22. The van der Waals surface area contributed by atoms with E-state index in [1.165, 1.54) is 31.2 Å². The molecule has 2 aliphatic rings. The van der Waals surface area contributed by atoms with Crippen LogP contribution in [0.15, 0.2) is 35.3 Å². The number of nitrogens with zero attached hydrogens (tertiary/aromatic N) is 5. The average molecular weight is 424 g/mol. The quantitative estimate of drug-likeness (QED) is 0.552. The van der Waals surface area contributed by atoms with Crippen LogP contribution >= 0.6 is 0 Å². The van der Waals surface area contributed by atoms with Gasteiger partial charge in [-0.1, -0.05) is 43.2 Å². The van der Waals surface area contributed by atoms with Crippen LogP contribution in [0.2, 0.25) is 0 Å². The maximum absolute atomic E-state index is 4.90. The highest BCUT2D eigenvalue weighted by Gasteiger charge is 2.27. The van der Waals surface area contributed by atoms with E-state index >= 15 is 0 Å². The second-order valence-electron chi connectivity index (χ2n) is 9.18. The van der Waals surface area contributed by atoms with Gasteiger partial charge in [0.05, 0.1) is 0 Å². The Labute approximate surface area is 186 Å².